The molecular weight excluding hydrogens is 298 g/mol. The lowest BCUT2D eigenvalue weighted by Crippen LogP contribution is -2.03. The van der Waals surface area contributed by atoms with Crippen molar-refractivity contribution < 1.29 is 13.0 Å². The normalized spacial score (nSPS) is 11.9. The van der Waals surface area contributed by atoms with Gasteiger partial charge < -0.3 is 5.73 Å². The van der Waals surface area contributed by atoms with E-state index in [0.29, 0.717) is 0 Å². The van der Waals surface area contributed by atoms with Crippen molar-refractivity contribution in [2.75, 3.05) is 5.73 Å². The predicted molar refractivity (Wildman–Crippen MR) is 81.0 cm³/mol. The first-order valence-corrected chi connectivity index (χ1v) is 7.49. The van der Waals surface area contributed by atoms with Crippen LogP contribution in [-0.2, 0) is 10.1 Å². The lowest BCUT2D eigenvalue weighted by molar-refractivity contribution is 0.483. The molecule has 4 nitrogen and oxygen atoms in total. The third-order valence-electron chi connectivity index (χ3n) is 2.63. The van der Waals surface area contributed by atoms with Gasteiger partial charge in [0.2, 0.25) is 0 Å². The summed E-state index contributed by atoms with van der Waals surface area (Å²) >= 11 is 6.00. The molecular formula is C14H12ClNO3S. The van der Waals surface area contributed by atoms with E-state index in [9.17, 15) is 13.0 Å². The second kappa shape index (κ2) is 5.66. The van der Waals surface area contributed by atoms with Crippen molar-refractivity contribution in [2.45, 2.75) is 4.90 Å². The lowest BCUT2D eigenvalue weighted by atomic mass is 10.1. The van der Waals surface area contributed by atoms with E-state index in [0.717, 1.165) is 5.56 Å². The first-order chi connectivity index (χ1) is 9.38. The summed E-state index contributed by atoms with van der Waals surface area (Å²) < 4.78 is 32.0. The van der Waals surface area contributed by atoms with E-state index < -0.39 is 10.1 Å². The van der Waals surface area contributed by atoms with Gasteiger partial charge in [0.25, 0.3) is 10.1 Å². The summed E-state index contributed by atoms with van der Waals surface area (Å²) in [6.45, 7) is 0. The van der Waals surface area contributed by atoms with Crippen molar-refractivity contribution in [1.29, 1.82) is 0 Å². The third kappa shape index (κ3) is 3.39. The van der Waals surface area contributed by atoms with Gasteiger partial charge in [-0.2, -0.15) is 8.42 Å². The monoisotopic (exact) mass is 309 g/mol. The highest BCUT2D eigenvalue weighted by Crippen LogP contribution is 2.29. The van der Waals surface area contributed by atoms with Gasteiger partial charge in [-0.25, -0.2) is 0 Å². The molecule has 0 saturated carbocycles. The van der Waals surface area contributed by atoms with E-state index in [1.165, 1.54) is 18.2 Å². The Balaban J connectivity index is 2.54. The van der Waals surface area contributed by atoms with Crippen LogP contribution in [0.5, 0.6) is 0 Å². The van der Waals surface area contributed by atoms with Crippen LogP contribution in [0.15, 0.2) is 47.4 Å². The molecule has 104 valence electrons. The molecule has 2 rings (SSSR count). The highest BCUT2D eigenvalue weighted by molar-refractivity contribution is 7.86. The summed E-state index contributed by atoms with van der Waals surface area (Å²) in [5.41, 5.74) is 6.79. The molecule has 0 bridgehead atoms. The Morgan fingerprint density at radius 2 is 1.75 bits per heavy atom. The molecule has 0 saturated heterocycles. The van der Waals surface area contributed by atoms with Crippen molar-refractivity contribution >= 4 is 39.6 Å². The first kappa shape index (κ1) is 14.6. The predicted octanol–water partition coefficient (Wildman–Crippen LogP) is 3.34. The Bertz CT molecular complexity index is 755. The fraction of sp³-hybridized carbons (Fsp3) is 0. The molecule has 3 N–H and O–H groups in total. The van der Waals surface area contributed by atoms with E-state index >= 15 is 0 Å². The van der Waals surface area contributed by atoms with Crippen molar-refractivity contribution in [3.8, 4) is 0 Å². The van der Waals surface area contributed by atoms with Gasteiger partial charge in [-0.1, -0.05) is 54.1 Å². The minimum atomic E-state index is -4.40. The Kier molecular flexibility index (Phi) is 4.13. The highest BCUT2D eigenvalue weighted by Gasteiger charge is 2.17. The molecule has 0 aliphatic rings. The average molecular weight is 310 g/mol. The van der Waals surface area contributed by atoms with E-state index in [2.05, 4.69) is 0 Å². The maximum atomic E-state index is 11.4. The fourth-order valence-corrected chi connectivity index (χ4v) is 2.82. The second-order valence-corrected chi connectivity index (χ2v) is 5.93. The Hall–Kier alpha value is -1.82. The van der Waals surface area contributed by atoms with Gasteiger partial charge in [0.1, 0.15) is 4.90 Å². The highest BCUT2D eigenvalue weighted by atomic mass is 35.5. The van der Waals surface area contributed by atoms with Gasteiger partial charge >= 0.3 is 0 Å². The molecule has 0 unspecified atom stereocenters. The van der Waals surface area contributed by atoms with Crippen LogP contribution in [-0.4, -0.2) is 13.0 Å². The molecule has 0 atom stereocenters. The number of halogens is 1. The summed E-state index contributed by atoms with van der Waals surface area (Å²) in [5.74, 6) is 0. The molecule has 2 aromatic rings. The molecule has 0 heterocycles. The summed E-state index contributed by atoms with van der Waals surface area (Å²) in [5, 5.41) is 0.157. The van der Waals surface area contributed by atoms with E-state index in [-0.39, 0.29) is 21.2 Å². The Morgan fingerprint density at radius 3 is 2.35 bits per heavy atom. The van der Waals surface area contributed by atoms with Crippen LogP contribution in [0.4, 0.5) is 5.69 Å². The smallest absolute Gasteiger partial charge is 0.295 e. The number of rotatable bonds is 3. The maximum absolute atomic E-state index is 11.4. The maximum Gasteiger partial charge on any atom is 0.295 e. The molecule has 6 heteroatoms. The Labute approximate surface area is 122 Å². The Morgan fingerprint density at radius 1 is 1.10 bits per heavy atom. The molecule has 20 heavy (non-hydrogen) atoms. The van der Waals surface area contributed by atoms with E-state index in [4.69, 9.17) is 17.3 Å². The quantitative estimate of drug-likeness (QED) is 0.517. The zero-order valence-electron chi connectivity index (χ0n) is 10.3. The molecule has 0 aromatic heterocycles. The van der Waals surface area contributed by atoms with Crippen molar-refractivity contribution in [3.05, 3.63) is 58.6 Å². The van der Waals surface area contributed by atoms with Gasteiger partial charge in [0.05, 0.1) is 5.02 Å². The number of nitrogens with two attached hydrogens (primary N) is 1. The van der Waals surface area contributed by atoms with Crippen molar-refractivity contribution in [2.24, 2.45) is 0 Å². The fourth-order valence-electron chi connectivity index (χ4n) is 1.73. The van der Waals surface area contributed by atoms with Crippen LogP contribution in [0, 0.1) is 0 Å². The second-order valence-electron chi connectivity index (χ2n) is 4.13. The van der Waals surface area contributed by atoms with Gasteiger partial charge in [-0.05, 0) is 17.7 Å². The van der Waals surface area contributed by atoms with E-state index in [1.54, 1.807) is 6.08 Å². The van der Waals surface area contributed by atoms with Crippen LogP contribution in [0.2, 0.25) is 5.02 Å². The van der Waals surface area contributed by atoms with Crippen LogP contribution in [0.3, 0.4) is 0 Å². The van der Waals surface area contributed by atoms with Crippen LogP contribution >= 0.6 is 11.6 Å². The minimum absolute atomic E-state index is 0.157. The van der Waals surface area contributed by atoms with Crippen LogP contribution in [0.25, 0.3) is 12.2 Å². The minimum Gasteiger partial charge on any atom is -0.399 e. The number of hydrogen-bond donors (Lipinski definition) is 2. The summed E-state index contributed by atoms with van der Waals surface area (Å²) in [6.07, 6.45) is 3.23. The summed E-state index contributed by atoms with van der Waals surface area (Å²) in [7, 11) is -4.40. The molecule has 0 radical (unpaired) electrons. The standard InChI is InChI=1S/C14H12ClNO3S/c15-13-8-11(16)9-14(20(17,18)19)12(13)7-6-10-4-2-1-3-5-10/h1-9H,16H2,(H,17,18,19). The van der Waals surface area contributed by atoms with Gasteiger partial charge in [-0.15, -0.1) is 0 Å². The summed E-state index contributed by atoms with van der Waals surface area (Å²) in [4.78, 5) is -0.310. The first-order valence-electron chi connectivity index (χ1n) is 5.67. The molecule has 0 spiro atoms. The average Bonchev–Trinajstić information content (AvgIpc) is 2.37. The SMILES string of the molecule is Nc1cc(Cl)c(C=Cc2ccccc2)c(S(=O)(=O)O)c1. The third-order valence-corrected chi connectivity index (χ3v) is 3.84. The topological polar surface area (TPSA) is 80.4 Å². The molecule has 0 aliphatic carbocycles. The molecule has 2 aromatic carbocycles. The van der Waals surface area contributed by atoms with Gasteiger partial charge in [0, 0.05) is 11.3 Å². The van der Waals surface area contributed by atoms with Gasteiger partial charge in [0.15, 0.2) is 0 Å². The number of hydrogen-bond acceptors (Lipinski definition) is 3. The van der Waals surface area contributed by atoms with Crippen LogP contribution < -0.4 is 5.73 Å². The zero-order chi connectivity index (χ0) is 14.8. The lowest BCUT2D eigenvalue weighted by Gasteiger charge is -2.07. The molecule has 0 fully saturated rings. The van der Waals surface area contributed by atoms with Crippen molar-refractivity contribution in [1.82, 2.24) is 0 Å². The number of benzene rings is 2. The van der Waals surface area contributed by atoms with Gasteiger partial charge in [-0.3, -0.25) is 4.55 Å². The molecule has 0 amide bonds. The van der Waals surface area contributed by atoms with Crippen molar-refractivity contribution in [3.63, 3.8) is 0 Å². The number of anilines is 1. The van der Waals surface area contributed by atoms with E-state index in [1.807, 2.05) is 30.3 Å². The zero-order valence-corrected chi connectivity index (χ0v) is 11.9. The number of nitrogen functional groups attached to an aromatic ring is 1. The summed E-state index contributed by atoms with van der Waals surface area (Å²) in [6, 6.07) is 11.9. The van der Waals surface area contributed by atoms with Crippen LogP contribution in [0.1, 0.15) is 11.1 Å². The largest absolute Gasteiger partial charge is 0.399 e. The molecule has 0 aliphatic heterocycles.